The first kappa shape index (κ1) is 12.4. The summed E-state index contributed by atoms with van der Waals surface area (Å²) in [6.07, 6.45) is 0.953. The van der Waals surface area contributed by atoms with Crippen molar-refractivity contribution in [3.8, 4) is 5.75 Å². The van der Waals surface area contributed by atoms with Gasteiger partial charge < -0.3 is 5.11 Å². The molecule has 1 unspecified atom stereocenters. The fourth-order valence-electron chi connectivity index (χ4n) is 1.49. The van der Waals surface area contributed by atoms with Gasteiger partial charge in [-0.1, -0.05) is 32.9 Å². The van der Waals surface area contributed by atoms with Gasteiger partial charge in [-0.3, -0.25) is 0 Å². The fraction of sp³-hybridized carbons (Fsp3) is 0.538. The molecular weight excluding hydrogens is 208 g/mol. The van der Waals surface area contributed by atoms with Gasteiger partial charge in [0.25, 0.3) is 0 Å². The molecule has 0 radical (unpaired) electrons. The predicted octanol–water partition coefficient (Wildman–Crippen LogP) is 3.84. The maximum Gasteiger partial charge on any atom is 0.115 e. The third kappa shape index (κ3) is 3.13. The van der Waals surface area contributed by atoms with Crippen molar-refractivity contribution in [2.45, 2.75) is 27.2 Å². The second kappa shape index (κ2) is 4.89. The lowest BCUT2D eigenvalue weighted by molar-refractivity contribution is 0.253. The summed E-state index contributed by atoms with van der Waals surface area (Å²) in [6.45, 7) is 6.60. The van der Waals surface area contributed by atoms with E-state index < -0.39 is 0 Å². The van der Waals surface area contributed by atoms with Crippen molar-refractivity contribution in [2.24, 2.45) is 11.3 Å². The van der Waals surface area contributed by atoms with Crippen LogP contribution in [0, 0.1) is 11.3 Å². The molecule has 0 heterocycles. The highest BCUT2D eigenvalue weighted by Crippen LogP contribution is 2.32. The molecule has 0 fully saturated rings. The third-order valence-electron chi connectivity index (χ3n) is 3.24. The topological polar surface area (TPSA) is 20.2 Å². The summed E-state index contributed by atoms with van der Waals surface area (Å²) >= 11 is 6.04. The van der Waals surface area contributed by atoms with E-state index in [0.29, 0.717) is 17.5 Å². The van der Waals surface area contributed by atoms with Crippen LogP contribution < -0.4 is 0 Å². The Morgan fingerprint density at radius 2 is 1.80 bits per heavy atom. The standard InChI is InChI=1S/C13H19ClO/c1-10(2)13(3,9-14)8-11-4-6-12(15)7-5-11/h4-7,10,15H,8-9H2,1-3H3. The van der Waals surface area contributed by atoms with Crippen LogP contribution in [0.2, 0.25) is 0 Å². The Balaban J connectivity index is 2.79. The highest BCUT2D eigenvalue weighted by atomic mass is 35.5. The van der Waals surface area contributed by atoms with Crippen molar-refractivity contribution in [1.29, 1.82) is 0 Å². The van der Waals surface area contributed by atoms with Crippen LogP contribution in [-0.4, -0.2) is 11.0 Å². The number of benzene rings is 1. The number of halogens is 1. The highest BCUT2D eigenvalue weighted by Gasteiger charge is 2.27. The zero-order valence-corrected chi connectivity index (χ0v) is 10.4. The van der Waals surface area contributed by atoms with Crippen LogP contribution in [0.4, 0.5) is 0 Å². The van der Waals surface area contributed by atoms with E-state index in [-0.39, 0.29) is 5.41 Å². The second-order valence-electron chi connectivity index (χ2n) is 4.79. The van der Waals surface area contributed by atoms with E-state index >= 15 is 0 Å². The van der Waals surface area contributed by atoms with Gasteiger partial charge in [-0.2, -0.15) is 0 Å². The Hall–Kier alpha value is -0.690. The van der Waals surface area contributed by atoms with Gasteiger partial charge in [0.05, 0.1) is 0 Å². The maximum absolute atomic E-state index is 9.20. The Morgan fingerprint density at radius 3 is 2.20 bits per heavy atom. The SMILES string of the molecule is CC(C)C(C)(CCl)Cc1ccc(O)cc1. The summed E-state index contributed by atoms with van der Waals surface area (Å²) in [5.74, 6) is 1.52. The molecule has 15 heavy (non-hydrogen) atoms. The Labute approximate surface area is 97.1 Å². The van der Waals surface area contributed by atoms with Crippen LogP contribution >= 0.6 is 11.6 Å². The molecule has 1 nitrogen and oxygen atoms in total. The largest absolute Gasteiger partial charge is 0.508 e. The maximum atomic E-state index is 9.20. The normalized spacial score (nSPS) is 15.3. The first-order valence-electron chi connectivity index (χ1n) is 5.32. The third-order valence-corrected chi connectivity index (χ3v) is 3.85. The molecule has 0 aliphatic heterocycles. The molecule has 1 aromatic carbocycles. The summed E-state index contributed by atoms with van der Waals surface area (Å²) < 4.78 is 0. The van der Waals surface area contributed by atoms with Crippen LogP contribution in [0.1, 0.15) is 26.3 Å². The number of hydrogen-bond donors (Lipinski definition) is 1. The first-order chi connectivity index (χ1) is 6.98. The molecule has 1 N–H and O–H groups in total. The highest BCUT2D eigenvalue weighted by molar-refractivity contribution is 6.18. The van der Waals surface area contributed by atoms with E-state index in [1.165, 1.54) is 5.56 Å². The summed E-state index contributed by atoms with van der Waals surface area (Å²) in [7, 11) is 0. The number of alkyl halides is 1. The minimum absolute atomic E-state index is 0.124. The molecule has 0 spiro atoms. The van der Waals surface area contributed by atoms with E-state index in [0.717, 1.165) is 6.42 Å². The van der Waals surface area contributed by atoms with Gasteiger partial charge in [0, 0.05) is 5.88 Å². The molecule has 0 saturated carbocycles. The minimum atomic E-state index is 0.124. The number of phenolic OH excluding ortho intramolecular Hbond substituents is 1. The lowest BCUT2D eigenvalue weighted by atomic mass is 9.76. The molecule has 0 aromatic heterocycles. The van der Waals surface area contributed by atoms with Crippen LogP contribution in [0.15, 0.2) is 24.3 Å². The molecule has 2 heteroatoms. The minimum Gasteiger partial charge on any atom is -0.508 e. The number of aromatic hydroxyl groups is 1. The van der Waals surface area contributed by atoms with Gasteiger partial charge in [0.15, 0.2) is 0 Å². The molecule has 0 amide bonds. The first-order valence-corrected chi connectivity index (χ1v) is 5.85. The molecule has 0 saturated heterocycles. The average Bonchev–Trinajstić information content (AvgIpc) is 2.21. The van der Waals surface area contributed by atoms with Crippen molar-refractivity contribution in [2.75, 3.05) is 5.88 Å². The molecule has 0 aliphatic rings. The Bertz CT molecular complexity index is 305. The summed E-state index contributed by atoms with van der Waals surface area (Å²) in [6, 6.07) is 7.37. The van der Waals surface area contributed by atoms with Crippen molar-refractivity contribution in [3.63, 3.8) is 0 Å². The van der Waals surface area contributed by atoms with Crippen molar-refractivity contribution in [1.82, 2.24) is 0 Å². The molecule has 1 rings (SSSR count). The summed E-state index contributed by atoms with van der Waals surface area (Å²) in [5.41, 5.74) is 1.35. The zero-order valence-electron chi connectivity index (χ0n) is 9.63. The number of rotatable bonds is 4. The lowest BCUT2D eigenvalue weighted by Crippen LogP contribution is -2.28. The Morgan fingerprint density at radius 1 is 1.27 bits per heavy atom. The van der Waals surface area contributed by atoms with Crippen molar-refractivity contribution >= 4 is 11.6 Å². The van der Waals surface area contributed by atoms with Crippen LogP contribution in [0.25, 0.3) is 0 Å². The predicted molar refractivity (Wildman–Crippen MR) is 65.5 cm³/mol. The summed E-state index contributed by atoms with van der Waals surface area (Å²) in [4.78, 5) is 0. The van der Waals surface area contributed by atoms with Gasteiger partial charge in [-0.15, -0.1) is 11.6 Å². The number of hydrogen-bond acceptors (Lipinski definition) is 1. The van der Waals surface area contributed by atoms with Crippen LogP contribution in [0.3, 0.4) is 0 Å². The van der Waals surface area contributed by atoms with E-state index in [2.05, 4.69) is 20.8 Å². The monoisotopic (exact) mass is 226 g/mol. The molecule has 1 aromatic rings. The molecule has 0 bridgehead atoms. The average molecular weight is 227 g/mol. The fourth-order valence-corrected chi connectivity index (χ4v) is 1.89. The smallest absolute Gasteiger partial charge is 0.115 e. The van der Waals surface area contributed by atoms with E-state index in [4.69, 9.17) is 11.6 Å². The molecule has 0 aliphatic carbocycles. The summed E-state index contributed by atoms with van der Waals surface area (Å²) in [5, 5.41) is 9.20. The van der Waals surface area contributed by atoms with Crippen molar-refractivity contribution in [3.05, 3.63) is 29.8 Å². The van der Waals surface area contributed by atoms with Gasteiger partial charge >= 0.3 is 0 Å². The van der Waals surface area contributed by atoms with E-state index in [1.807, 2.05) is 12.1 Å². The van der Waals surface area contributed by atoms with E-state index in [1.54, 1.807) is 12.1 Å². The quantitative estimate of drug-likeness (QED) is 0.774. The van der Waals surface area contributed by atoms with Gasteiger partial charge in [-0.05, 0) is 35.4 Å². The Kier molecular flexibility index (Phi) is 4.04. The van der Waals surface area contributed by atoms with Gasteiger partial charge in [-0.25, -0.2) is 0 Å². The van der Waals surface area contributed by atoms with Crippen molar-refractivity contribution < 1.29 is 5.11 Å². The van der Waals surface area contributed by atoms with E-state index in [9.17, 15) is 5.11 Å². The lowest BCUT2D eigenvalue weighted by Gasteiger charge is -2.31. The molecule has 1 atom stereocenters. The molecular formula is C13H19ClO. The zero-order chi connectivity index (χ0) is 11.5. The second-order valence-corrected chi connectivity index (χ2v) is 5.05. The van der Waals surface area contributed by atoms with Gasteiger partial charge in [0.2, 0.25) is 0 Å². The molecule has 84 valence electrons. The van der Waals surface area contributed by atoms with Gasteiger partial charge in [0.1, 0.15) is 5.75 Å². The van der Waals surface area contributed by atoms with Crippen LogP contribution in [0.5, 0.6) is 5.75 Å². The number of phenols is 1. The van der Waals surface area contributed by atoms with Crippen LogP contribution in [-0.2, 0) is 6.42 Å².